The summed E-state index contributed by atoms with van der Waals surface area (Å²) >= 11 is 9.64. The lowest BCUT2D eigenvalue weighted by atomic mass is 9.95. The van der Waals surface area contributed by atoms with Gasteiger partial charge in [-0.15, -0.1) is 0 Å². The highest BCUT2D eigenvalue weighted by atomic mass is 79.9. The Hall–Kier alpha value is -1.60. The van der Waals surface area contributed by atoms with E-state index in [1.165, 1.54) is 17.5 Å². The van der Waals surface area contributed by atoms with Gasteiger partial charge in [0.1, 0.15) is 5.82 Å². The lowest BCUT2D eigenvalue weighted by Crippen LogP contribution is -2.39. The molecule has 1 aliphatic heterocycles. The molecular weight excluding hydrogens is 444 g/mol. The number of hydrogen-bond acceptors (Lipinski definition) is 3. The minimum Gasteiger partial charge on any atom is -0.339 e. The number of aryl methyl sites for hydroxylation is 1. The fourth-order valence-corrected chi connectivity index (χ4v) is 5.01. The van der Waals surface area contributed by atoms with Crippen molar-refractivity contribution in [3.8, 4) is 0 Å². The van der Waals surface area contributed by atoms with Gasteiger partial charge in [-0.25, -0.2) is 9.48 Å². The molecule has 0 N–H and O–H groups in total. The SMILES string of the molecule is Cn1nc(C2CCN(C(=O)c3cc(Br)ccc3Cl)CC2)n(C2CCCC2)c1=O. The molecule has 1 aromatic heterocycles. The van der Waals surface area contributed by atoms with Crippen molar-refractivity contribution < 1.29 is 4.79 Å². The van der Waals surface area contributed by atoms with Crippen molar-refractivity contribution in [3.05, 3.63) is 49.6 Å². The second kappa shape index (κ2) is 8.03. The van der Waals surface area contributed by atoms with Crippen LogP contribution in [0.4, 0.5) is 0 Å². The van der Waals surface area contributed by atoms with Crippen LogP contribution >= 0.6 is 27.5 Å². The quantitative estimate of drug-likeness (QED) is 0.682. The highest BCUT2D eigenvalue weighted by Gasteiger charge is 2.32. The molecule has 1 aliphatic carbocycles. The Bertz CT molecular complexity index is 940. The number of rotatable bonds is 3. The molecule has 2 aromatic rings. The first-order chi connectivity index (χ1) is 13.5. The van der Waals surface area contributed by atoms with Crippen molar-refractivity contribution in [2.24, 2.45) is 7.05 Å². The summed E-state index contributed by atoms with van der Waals surface area (Å²) in [5.74, 6) is 1.06. The summed E-state index contributed by atoms with van der Waals surface area (Å²) in [6.07, 6.45) is 6.06. The van der Waals surface area contributed by atoms with Gasteiger partial charge in [0.2, 0.25) is 0 Å². The maximum Gasteiger partial charge on any atom is 0.345 e. The van der Waals surface area contributed by atoms with Crippen molar-refractivity contribution in [2.75, 3.05) is 13.1 Å². The average Bonchev–Trinajstić information content (AvgIpc) is 3.32. The molecule has 0 bridgehead atoms. The van der Waals surface area contributed by atoms with Crippen LogP contribution in [0.1, 0.15) is 66.7 Å². The van der Waals surface area contributed by atoms with E-state index in [1.807, 2.05) is 15.5 Å². The van der Waals surface area contributed by atoms with Crippen LogP contribution in [0.3, 0.4) is 0 Å². The van der Waals surface area contributed by atoms with Gasteiger partial charge in [-0.1, -0.05) is 40.4 Å². The highest BCUT2D eigenvalue weighted by molar-refractivity contribution is 9.10. The van der Waals surface area contributed by atoms with Gasteiger partial charge in [0.25, 0.3) is 5.91 Å². The number of piperidine rings is 1. The third-order valence-electron chi connectivity index (χ3n) is 5.98. The molecule has 0 unspecified atom stereocenters. The Balaban J connectivity index is 1.50. The zero-order chi connectivity index (χ0) is 19.8. The van der Waals surface area contributed by atoms with Crippen LogP contribution in [0.15, 0.2) is 27.5 Å². The Labute approximate surface area is 177 Å². The number of benzene rings is 1. The van der Waals surface area contributed by atoms with E-state index >= 15 is 0 Å². The minimum atomic E-state index is -0.0426. The third kappa shape index (κ3) is 3.66. The van der Waals surface area contributed by atoms with Gasteiger partial charge in [0.05, 0.1) is 10.6 Å². The summed E-state index contributed by atoms with van der Waals surface area (Å²) < 4.78 is 4.23. The summed E-state index contributed by atoms with van der Waals surface area (Å²) in [7, 11) is 1.73. The number of amides is 1. The molecule has 1 aromatic carbocycles. The van der Waals surface area contributed by atoms with Crippen molar-refractivity contribution in [1.82, 2.24) is 19.2 Å². The number of aromatic nitrogens is 3. The molecule has 1 saturated heterocycles. The van der Waals surface area contributed by atoms with Crippen LogP contribution in [0.25, 0.3) is 0 Å². The predicted molar refractivity (Wildman–Crippen MR) is 112 cm³/mol. The van der Waals surface area contributed by atoms with E-state index in [-0.39, 0.29) is 23.6 Å². The van der Waals surface area contributed by atoms with Gasteiger partial charge >= 0.3 is 5.69 Å². The molecule has 4 rings (SSSR count). The van der Waals surface area contributed by atoms with Crippen LogP contribution in [-0.2, 0) is 7.05 Å². The Kier molecular flexibility index (Phi) is 5.65. The monoisotopic (exact) mass is 466 g/mol. The zero-order valence-electron chi connectivity index (χ0n) is 15.9. The lowest BCUT2D eigenvalue weighted by molar-refractivity contribution is 0.0709. The van der Waals surface area contributed by atoms with E-state index in [4.69, 9.17) is 11.6 Å². The number of likely N-dealkylation sites (tertiary alicyclic amines) is 1. The first kappa shape index (κ1) is 19.7. The number of nitrogens with zero attached hydrogens (tertiary/aromatic N) is 4. The Morgan fingerprint density at radius 1 is 1.18 bits per heavy atom. The molecule has 8 heteroatoms. The Morgan fingerprint density at radius 3 is 2.54 bits per heavy atom. The van der Waals surface area contributed by atoms with Gasteiger partial charge in [0, 0.05) is 36.6 Å². The topological polar surface area (TPSA) is 60.1 Å². The van der Waals surface area contributed by atoms with Crippen LogP contribution in [0, 0.1) is 0 Å². The van der Waals surface area contributed by atoms with Crippen molar-refractivity contribution in [3.63, 3.8) is 0 Å². The van der Waals surface area contributed by atoms with Crippen molar-refractivity contribution in [1.29, 1.82) is 0 Å². The van der Waals surface area contributed by atoms with Crippen LogP contribution in [0.2, 0.25) is 5.02 Å². The number of carbonyl (C=O) groups is 1. The number of halogens is 2. The molecule has 2 aliphatic rings. The Morgan fingerprint density at radius 2 is 1.86 bits per heavy atom. The molecule has 0 atom stereocenters. The molecule has 150 valence electrons. The van der Waals surface area contributed by atoms with Gasteiger partial charge < -0.3 is 4.90 Å². The second-order valence-electron chi connectivity index (χ2n) is 7.76. The molecule has 6 nitrogen and oxygen atoms in total. The van der Waals surface area contributed by atoms with E-state index in [9.17, 15) is 9.59 Å². The van der Waals surface area contributed by atoms with Crippen molar-refractivity contribution >= 4 is 33.4 Å². The maximum absolute atomic E-state index is 12.9. The maximum atomic E-state index is 12.9. The smallest absolute Gasteiger partial charge is 0.339 e. The van der Waals surface area contributed by atoms with E-state index in [2.05, 4.69) is 21.0 Å². The van der Waals surface area contributed by atoms with E-state index in [0.29, 0.717) is 23.7 Å². The zero-order valence-corrected chi connectivity index (χ0v) is 18.2. The highest BCUT2D eigenvalue weighted by Crippen LogP contribution is 2.34. The summed E-state index contributed by atoms with van der Waals surface area (Å²) in [6.45, 7) is 1.28. The molecule has 1 amide bonds. The summed E-state index contributed by atoms with van der Waals surface area (Å²) in [5, 5.41) is 5.04. The summed E-state index contributed by atoms with van der Waals surface area (Å²) in [5.41, 5.74) is 0.511. The summed E-state index contributed by atoms with van der Waals surface area (Å²) in [6, 6.07) is 5.61. The lowest BCUT2D eigenvalue weighted by Gasteiger charge is -2.32. The fourth-order valence-electron chi connectivity index (χ4n) is 4.46. The predicted octanol–water partition coefficient (Wildman–Crippen LogP) is 4.13. The van der Waals surface area contributed by atoms with Gasteiger partial charge in [-0.05, 0) is 43.9 Å². The van der Waals surface area contributed by atoms with E-state index in [1.54, 1.807) is 19.2 Å². The normalized spacial score (nSPS) is 18.8. The molecular formula is C20H24BrClN4O2. The third-order valence-corrected chi connectivity index (χ3v) is 6.80. The molecule has 1 saturated carbocycles. The van der Waals surface area contributed by atoms with Crippen LogP contribution in [0.5, 0.6) is 0 Å². The number of hydrogen-bond donors (Lipinski definition) is 0. The fraction of sp³-hybridized carbons (Fsp3) is 0.550. The molecule has 28 heavy (non-hydrogen) atoms. The summed E-state index contributed by atoms with van der Waals surface area (Å²) in [4.78, 5) is 27.4. The first-order valence-electron chi connectivity index (χ1n) is 9.85. The van der Waals surface area contributed by atoms with Gasteiger partial charge in [-0.2, -0.15) is 5.10 Å². The van der Waals surface area contributed by atoms with Crippen LogP contribution < -0.4 is 5.69 Å². The second-order valence-corrected chi connectivity index (χ2v) is 9.09. The minimum absolute atomic E-state index is 0.0127. The standard InChI is InChI=1S/C20H24BrClN4O2/c1-24-20(28)26(15-4-2-3-5-15)18(23-24)13-8-10-25(11-9-13)19(27)16-12-14(21)6-7-17(16)22/h6-7,12-13,15H,2-5,8-11H2,1H3. The largest absolute Gasteiger partial charge is 0.345 e. The van der Waals surface area contributed by atoms with E-state index in [0.717, 1.165) is 36.0 Å². The van der Waals surface area contributed by atoms with Crippen LogP contribution in [-0.4, -0.2) is 38.2 Å². The van der Waals surface area contributed by atoms with Crippen molar-refractivity contribution in [2.45, 2.75) is 50.5 Å². The molecule has 0 spiro atoms. The molecule has 2 fully saturated rings. The molecule has 2 heterocycles. The van der Waals surface area contributed by atoms with Gasteiger partial charge in [0.15, 0.2) is 0 Å². The van der Waals surface area contributed by atoms with Gasteiger partial charge in [-0.3, -0.25) is 9.36 Å². The average molecular weight is 468 g/mol. The number of carbonyl (C=O) groups excluding carboxylic acids is 1. The molecule has 0 radical (unpaired) electrons. The van der Waals surface area contributed by atoms with E-state index < -0.39 is 0 Å². The first-order valence-corrected chi connectivity index (χ1v) is 11.0.